The Labute approximate surface area is 67.6 Å². The molecule has 2 N–H and O–H groups in total. The molecule has 0 aromatic rings. The van der Waals surface area contributed by atoms with Gasteiger partial charge in [-0.2, -0.15) is 0 Å². The van der Waals surface area contributed by atoms with Gasteiger partial charge in [0.05, 0.1) is 0 Å². The third-order valence-electron chi connectivity index (χ3n) is 1.64. The maximum absolute atomic E-state index is 5.76. The summed E-state index contributed by atoms with van der Waals surface area (Å²) in [7, 11) is 0. The van der Waals surface area contributed by atoms with Crippen LogP contribution in [0.1, 0.15) is 13.3 Å². The van der Waals surface area contributed by atoms with Crippen LogP contribution in [0.15, 0.2) is 47.7 Å². The Balaban J connectivity index is 2.95. The molecule has 11 heavy (non-hydrogen) atoms. The van der Waals surface area contributed by atoms with E-state index in [1.165, 1.54) is 0 Å². The van der Waals surface area contributed by atoms with Crippen LogP contribution in [0.2, 0.25) is 0 Å². The molecule has 1 nitrogen and oxygen atoms in total. The lowest BCUT2D eigenvalue weighted by Crippen LogP contribution is -2.00. The van der Waals surface area contributed by atoms with Gasteiger partial charge in [0.15, 0.2) is 0 Å². The van der Waals surface area contributed by atoms with E-state index < -0.39 is 0 Å². The summed E-state index contributed by atoms with van der Waals surface area (Å²) in [4.78, 5) is 0. The highest BCUT2D eigenvalue weighted by Crippen LogP contribution is 2.16. The molecule has 0 atom stereocenters. The summed E-state index contributed by atoms with van der Waals surface area (Å²) >= 11 is 0. The van der Waals surface area contributed by atoms with Crippen LogP contribution in [-0.4, -0.2) is 0 Å². The van der Waals surface area contributed by atoms with E-state index in [0.717, 1.165) is 23.3 Å². The van der Waals surface area contributed by atoms with Gasteiger partial charge < -0.3 is 5.73 Å². The second-order valence-corrected chi connectivity index (χ2v) is 2.68. The predicted molar refractivity (Wildman–Crippen MR) is 48.9 cm³/mol. The van der Waals surface area contributed by atoms with Crippen molar-refractivity contribution in [3.8, 4) is 0 Å². The Hall–Kier alpha value is -1.24. The molecule has 1 aliphatic carbocycles. The van der Waals surface area contributed by atoms with Crippen LogP contribution in [0, 0.1) is 0 Å². The van der Waals surface area contributed by atoms with Crippen LogP contribution >= 0.6 is 0 Å². The molecule has 0 radical (unpaired) electrons. The van der Waals surface area contributed by atoms with Gasteiger partial charge in [0, 0.05) is 5.70 Å². The fourth-order valence-corrected chi connectivity index (χ4v) is 1.06. The molecule has 0 unspecified atom stereocenters. The summed E-state index contributed by atoms with van der Waals surface area (Å²) in [6.07, 6.45) is 9.00. The summed E-state index contributed by atoms with van der Waals surface area (Å²) in [5.74, 6) is 0. The van der Waals surface area contributed by atoms with Crippen molar-refractivity contribution in [2.24, 2.45) is 5.73 Å². The molecule has 0 bridgehead atoms. The van der Waals surface area contributed by atoms with Crippen molar-refractivity contribution in [2.45, 2.75) is 13.3 Å². The van der Waals surface area contributed by atoms with Gasteiger partial charge in [-0.3, -0.25) is 0 Å². The standard InChI is InChI=1S/C10H13N/c1-8(2)9-6-4-3-5-7-10(9)11/h3,5-7H,1,4,11H2,2H3. The van der Waals surface area contributed by atoms with E-state index in [2.05, 4.69) is 18.7 Å². The minimum atomic E-state index is 0.811. The molecule has 0 fully saturated rings. The van der Waals surface area contributed by atoms with Gasteiger partial charge in [-0.15, -0.1) is 0 Å². The highest BCUT2D eigenvalue weighted by molar-refractivity contribution is 5.45. The fourth-order valence-electron chi connectivity index (χ4n) is 1.06. The molecule has 0 saturated carbocycles. The van der Waals surface area contributed by atoms with Crippen molar-refractivity contribution in [1.82, 2.24) is 0 Å². The molecule has 1 rings (SSSR count). The smallest absolute Gasteiger partial charge is 0.0386 e. The van der Waals surface area contributed by atoms with Crippen molar-refractivity contribution < 1.29 is 0 Å². The minimum Gasteiger partial charge on any atom is -0.398 e. The van der Waals surface area contributed by atoms with Gasteiger partial charge in [-0.05, 0) is 30.6 Å². The molecule has 0 aromatic carbocycles. The van der Waals surface area contributed by atoms with Crippen LogP contribution in [0.4, 0.5) is 0 Å². The summed E-state index contributed by atoms with van der Waals surface area (Å²) in [6, 6.07) is 0. The van der Waals surface area contributed by atoms with Crippen LogP contribution < -0.4 is 5.73 Å². The molecule has 1 heteroatoms. The van der Waals surface area contributed by atoms with Crippen LogP contribution in [-0.2, 0) is 0 Å². The van der Waals surface area contributed by atoms with Crippen LogP contribution in [0.5, 0.6) is 0 Å². The van der Waals surface area contributed by atoms with Gasteiger partial charge in [-0.25, -0.2) is 0 Å². The second kappa shape index (κ2) is 3.24. The summed E-state index contributed by atoms with van der Waals surface area (Å²) in [5.41, 5.74) is 8.68. The second-order valence-electron chi connectivity index (χ2n) is 2.68. The first-order valence-corrected chi connectivity index (χ1v) is 3.70. The van der Waals surface area contributed by atoms with Gasteiger partial charge in [-0.1, -0.05) is 24.8 Å². The number of allylic oxidation sites excluding steroid dienone is 5. The molecule has 0 aromatic heterocycles. The first kappa shape index (κ1) is 7.86. The average molecular weight is 147 g/mol. The zero-order valence-electron chi connectivity index (χ0n) is 6.80. The largest absolute Gasteiger partial charge is 0.398 e. The van der Waals surface area contributed by atoms with Gasteiger partial charge in [0.2, 0.25) is 0 Å². The van der Waals surface area contributed by atoms with Crippen molar-refractivity contribution in [3.05, 3.63) is 47.7 Å². The minimum absolute atomic E-state index is 0.811. The lowest BCUT2D eigenvalue weighted by atomic mass is 10.1. The fraction of sp³-hybridized carbons (Fsp3) is 0.200. The van der Waals surface area contributed by atoms with Crippen molar-refractivity contribution in [3.63, 3.8) is 0 Å². The Bertz CT molecular complexity index is 254. The summed E-state index contributed by atoms with van der Waals surface area (Å²) in [5, 5.41) is 0. The summed E-state index contributed by atoms with van der Waals surface area (Å²) < 4.78 is 0. The zero-order valence-corrected chi connectivity index (χ0v) is 6.80. The van der Waals surface area contributed by atoms with Gasteiger partial charge in [0.25, 0.3) is 0 Å². The third-order valence-corrected chi connectivity index (χ3v) is 1.64. The molecule has 0 spiro atoms. The monoisotopic (exact) mass is 147 g/mol. The molecule has 0 saturated heterocycles. The average Bonchev–Trinajstić information content (AvgIpc) is 2.13. The Morgan fingerprint density at radius 1 is 1.64 bits per heavy atom. The van der Waals surface area contributed by atoms with Crippen molar-refractivity contribution in [1.29, 1.82) is 0 Å². The lowest BCUT2D eigenvalue weighted by molar-refractivity contribution is 1.26. The van der Waals surface area contributed by atoms with E-state index in [9.17, 15) is 0 Å². The quantitative estimate of drug-likeness (QED) is 0.605. The van der Waals surface area contributed by atoms with E-state index in [0.29, 0.717) is 0 Å². The highest BCUT2D eigenvalue weighted by atomic mass is 14.6. The first-order valence-electron chi connectivity index (χ1n) is 3.70. The Morgan fingerprint density at radius 3 is 3.00 bits per heavy atom. The van der Waals surface area contributed by atoms with E-state index in [1.54, 1.807) is 0 Å². The van der Waals surface area contributed by atoms with E-state index in [4.69, 9.17) is 5.73 Å². The van der Waals surface area contributed by atoms with Gasteiger partial charge in [0.1, 0.15) is 0 Å². The number of hydrogen-bond acceptors (Lipinski definition) is 1. The Kier molecular flexibility index (Phi) is 2.32. The van der Waals surface area contributed by atoms with Gasteiger partial charge >= 0.3 is 0 Å². The number of hydrogen-bond donors (Lipinski definition) is 1. The van der Waals surface area contributed by atoms with E-state index in [1.807, 2.05) is 19.1 Å². The van der Waals surface area contributed by atoms with E-state index in [-0.39, 0.29) is 0 Å². The topological polar surface area (TPSA) is 26.0 Å². The normalized spacial score (nSPS) is 16.8. The SMILES string of the molecule is C=C(C)C1=CCC=CC=C1N. The molecule has 0 aliphatic heterocycles. The molecule has 58 valence electrons. The Morgan fingerprint density at radius 2 is 2.36 bits per heavy atom. The molecule has 0 amide bonds. The maximum atomic E-state index is 5.76. The highest BCUT2D eigenvalue weighted by Gasteiger charge is 2.01. The summed E-state index contributed by atoms with van der Waals surface area (Å²) in [6.45, 7) is 5.82. The lowest BCUT2D eigenvalue weighted by Gasteiger charge is -2.04. The molecule has 1 aliphatic rings. The maximum Gasteiger partial charge on any atom is 0.0386 e. The molecular weight excluding hydrogens is 134 g/mol. The first-order chi connectivity index (χ1) is 5.22. The van der Waals surface area contributed by atoms with Crippen LogP contribution in [0.3, 0.4) is 0 Å². The molecular formula is C10H13N. The van der Waals surface area contributed by atoms with Crippen LogP contribution in [0.25, 0.3) is 0 Å². The van der Waals surface area contributed by atoms with Crippen molar-refractivity contribution >= 4 is 0 Å². The van der Waals surface area contributed by atoms with E-state index >= 15 is 0 Å². The predicted octanol–water partition coefficient (Wildman–Crippen LogP) is 2.29. The van der Waals surface area contributed by atoms with Crippen molar-refractivity contribution in [2.75, 3.05) is 0 Å². The number of rotatable bonds is 1. The molecule has 0 heterocycles. The number of nitrogens with two attached hydrogens (primary N) is 1. The third kappa shape index (κ3) is 1.84. The zero-order chi connectivity index (χ0) is 8.27.